The van der Waals surface area contributed by atoms with Gasteiger partial charge in [0, 0.05) is 38.0 Å². The molecule has 1 fully saturated rings. The summed E-state index contributed by atoms with van der Waals surface area (Å²) in [6, 6.07) is 0. The molecule has 1 aromatic rings. The van der Waals surface area contributed by atoms with E-state index >= 15 is 0 Å². The van der Waals surface area contributed by atoms with Gasteiger partial charge in [0.05, 0.1) is 11.6 Å². The number of aryl methyl sites for hydroxylation is 1. The first kappa shape index (κ1) is 13.3. The largest absolute Gasteiger partial charge is 0.481 e. The van der Waals surface area contributed by atoms with Crippen molar-refractivity contribution in [3.05, 3.63) is 24.0 Å². The van der Waals surface area contributed by atoms with Crippen molar-refractivity contribution in [2.75, 3.05) is 13.1 Å². The topological polar surface area (TPSA) is 75.4 Å². The van der Waals surface area contributed by atoms with Gasteiger partial charge in [-0.15, -0.1) is 0 Å². The van der Waals surface area contributed by atoms with Gasteiger partial charge in [0.2, 0.25) is 5.91 Å². The molecule has 1 saturated heterocycles. The maximum absolute atomic E-state index is 12.0. The third-order valence-electron chi connectivity index (χ3n) is 3.44. The first-order chi connectivity index (χ1) is 8.90. The van der Waals surface area contributed by atoms with Crippen molar-refractivity contribution in [3.8, 4) is 0 Å². The van der Waals surface area contributed by atoms with Crippen molar-refractivity contribution in [3.63, 3.8) is 0 Å². The maximum Gasteiger partial charge on any atom is 0.311 e. The molecule has 2 heterocycles. The van der Waals surface area contributed by atoms with Crippen LogP contribution < -0.4 is 0 Å². The molecule has 102 valence electrons. The van der Waals surface area contributed by atoms with Gasteiger partial charge in [-0.3, -0.25) is 14.3 Å². The molecule has 0 aromatic carbocycles. The molecule has 0 bridgehead atoms. The molecule has 1 aliphatic heterocycles. The van der Waals surface area contributed by atoms with E-state index in [4.69, 9.17) is 5.11 Å². The molecule has 0 spiro atoms. The van der Waals surface area contributed by atoms with Gasteiger partial charge < -0.3 is 10.0 Å². The smallest absolute Gasteiger partial charge is 0.311 e. The number of hydrogen-bond acceptors (Lipinski definition) is 3. The average molecular weight is 263 g/mol. The summed E-state index contributed by atoms with van der Waals surface area (Å²) in [4.78, 5) is 24.6. The Kier molecular flexibility index (Phi) is 3.42. The molecule has 1 N–H and O–H groups in total. The number of aromatic nitrogens is 2. The number of nitrogens with zero attached hydrogens (tertiary/aromatic N) is 3. The zero-order valence-electron chi connectivity index (χ0n) is 11.0. The Morgan fingerprint density at radius 2 is 2.26 bits per heavy atom. The Balaban J connectivity index is 1.99. The first-order valence-corrected chi connectivity index (χ1v) is 6.10. The molecule has 0 radical (unpaired) electrons. The number of rotatable bonds is 3. The highest BCUT2D eigenvalue weighted by Gasteiger charge is 2.41. The molecule has 1 aliphatic rings. The van der Waals surface area contributed by atoms with Crippen LogP contribution in [0.4, 0.5) is 0 Å². The monoisotopic (exact) mass is 263 g/mol. The molecule has 0 aliphatic carbocycles. The van der Waals surface area contributed by atoms with Crippen LogP contribution in [-0.4, -0.2) is 44.8 Å². The van der Waals surface area contributed by atoms with Gasteiger partial charge in [-0.2, -0.15) is 5.10 Å². The van der Waals surface area contributed by atoms with E-state index in [1.54, 1.807) is 42.0 Å². The first-order valence-electron chi connectivity index (χ1n) is 6.10. The van der Waals surface area contributed by atoms with Crippen LogP contribution in [0.3, 0.4) is 0 Å². The summed E-state index contributed by atoms with van der Waals surface area (Å²) < 4.78 is 1.65. The Morgan fingerprint density at radius 1 is 1.53 bits per heavy atom. The Morgan fingerprint density at radius 3 is 2.79 bits per heavy atom. The summed E-state index contributed by atoms with van der Waals surface area (Å²) in [6.07, 6.45) is 7.11. The number of carboxylic acid groups (broad SMARTS) is 1. The van der Waals surface area contributed by atoms with E-state index in [1.165, 1.54) is 6.08 Å². The van der Waals surface area contributed by atoms with Crippen molar-refractivity contribution >= 4 is 18.0 Å². The quantitative estimate of drug-likeness (QED) is 0.817. The number of amides is 1. The summed E-state index contributed by atoms with van der Waals surface area (Å²) >= 11 is 0. The van der Waals surface area contributed by atoms with Gasteiger partial charge in [0.15, 0.2) is 0 Å². The molecule has 1 amide bonds. The van der Waals surface area contributed by atoms with Gasteiger partial charge in [-0.25, -0.2) is 0 Å². The fraction of sp³-hybridized carbons (Fsp3) is 0.462. The molecule has 1 unspecified atom stereocenters. The van der Waals surface area contributed by atoms with Crippen molar-refractivity contribution in [1.29, 1.82) is 0 Å². The van der Waals surface area contributed by atoms with E-state index in [-0.39, 0.29) is 12.5 Å². The number of carbonyl (C=O) groups excluding carboxylic acids is 1. The Labute approximate surface area is 111 Å². The molecule has 19 heavy (non-hydrogen) atoms. The summed E-state index contributed by atoms with van der Waals surface area (Å²) in [7, 11) is 1.80. The van der Waals surface area contributed by atoms with Gasteiger partial charge in [-0.05, 0) is 19.4 Å². The number of likely N-dealkylation sites (tertiary alicyclic amines) is 1. The minimum Gasteiger partial charge on any atom is -0.481 e. The predicted molar refractivity (Wildman–Crippen MR) is 69.2 cm³/mol. The van der Waals surface area contributed by atoms with E-state index < -0.39 is 11.4 Å². The number of carbonyl (C=O) groups is 2. The Hall–Kier alpha value is -2.11. The van der Waals surface area contributed by atoms with Crippen molar-refractivity contribution in [2.24, 2.45) is 12.5 Å². The minimum atomic E-state index is -0.848. The highest BCUT2D eigenvalue weighted by atomic mass is 16.4. The van der Waals surface area contributed by atoms with Crippen LogP contribution in [0.5, 0.6) is 0 Å². The molecule has 0 saturated carbocycles. The summed E-state index contributed by atoms with van der Waals surface area (Å²) in [5.74, 6) is -1.01. The number of hydrogen-bond donors (Lipinski definition) is 1. The van der Waals surface area contributed by atoms with Crippen molar-refractivity contribution < 1.29 is 14.7 Å². The third kappa shape index (κ3) is 2.83. The van der Waals surface area contributed by atoms with Gasteiger partial charge in [-0.1, -0.05) is 0 Å². The zero-order chi connectivity index (χ0) is 14.0. The summed E-state index contributed by atoms with van der Waals surface area (Å²) in [5, 5.41) is 13.1. The lowest BCUT2D eigenvalue weighted by Crippen LogP contribution is -2.34. The molecule has 1 aromatic heterocycles. The predicted octanol–water partition coefficient (Wildman–Crippen LogP) is 0.756. The van der Waals surface area contributed by atoms with E-state index in [0.717, 1.165) is 5.56 Å². The van der Waals surface area contributed by atoms with Crippen LogP contribution in [0, 0.1) is 5.41 Å². The summed E-state index contributed by atoms with van der Waals surface area (Å²) in [5.41, 5.74) is 0.0219. The second-order valence-electron chi connectivity index (χ2n) is 5.16. The molecule has 1 atom stereocenters. The highest BCUT2D eigenvalue weighted by Crippen LogP contribution is 2.30. The zero-order valence-corrected chi connectivity index (χ0v) is 11.0. The Bertz CT molecular complexity index is 535. The fourth-order valence-electron chi connectivity index (χ4n) is 2.12. The second-order valence-corrected chi connectivity index (χ2v) is 5.16. The molecule has 6 nitrogen and oxygen atoms in total. The lowest BCUT2D eigenvalue weighted by molar-refractivity contribution is -0.147. The van der Waals surface area contributed by atoms with Crippen LogP contribution in [0.2, 0.25) is 0 Å². The maximum atomic E-state index is 12.0. The van der Waals surface area contributed by atoms with Crippen molar-refractivity contribution in [1.82, 2.24) is 14.7 Å². The van der Waals surface area contributed by atoms with Gasteiger partial charge in [0.25, 0.3) is 0 Å². The van der Waals surface area contributed by atoms with Gasteiger partial charge in [0.1, 0.15) is 0 Å². The van der Waals surface area contributed by atoms with Gasteiger partial charge >= 0.3 is 5.97 Å². The van der Waals surface area contributed by atoms with E-state index in [2.05, 4.69) is 5.10 Å². The van der Waals surface area contributed by atoms with Crippen LogP contribution in [0.1, 0.15) is 18.9 Å². The second kappa shape index (κ2) is 4.87. The van der Waals surface area contributed by atoms with E-state index in [9.17, 15) is 9.59 Å². The average Bonchev–Trinajstić information content (AvgIpc) is 2.94. The highest BCUT2D eigenvalue weighted by molar-refractivity contribution is 5.92. The molecular formula is C13H17N3O3. The number of carboxylic acids is 1. The molecule has 2 rings (SSSR count). The lowest BCUT2D eigenvalue weighted by Gasteiger charge is -2.18. The van der Waals surface area contributed by atoms with Crippen LogP contribution in [-0.2, 0) is 16.6 Å². The normalized spacial score (nSPS) is 23.2. The van der Waals surface area contributed by atoms with Crippen LogP contribution in [0.25, 0.3) is 6.08 Å². The number of aliphatic carboxylic acids is 1. The SMILES string of the molecule is Cn1cc(C=CC(=O)N2CCC(C)(C(=O)O)C2)cn1. The minimum absolute atomic E-state index is 0.158. The molecule has 6 heteroatoms. The van der Waals surface area contributed by atoms with Crippen molar-refractivity contribution in [2.45, 2.75) is 13.3 Å². The third-order valence-corrected chi connectivity index (χ3v) is 3.44. The molecular weight excluding hydrogens is 246 g/mol. The standard InChI is InChI=1S/C13H17N3O3/c1-13(12(18)19)5-6-16(9-13)11(17)4-3-10-7-14-15(2)8-10/h3-4,7-8H,5-6,9H2,1-2H3,(H,18,19). The van der Waals surface area contributed by atoms with E-state index in [0.29, 0.717) is 13.0 Å². The fourth-order valence-corrected chi connectivity index (χ4v) is 2.12. The summed E-state index contributed by atoms with van der Waals surface area (Å²) in [6.45, 7) is 2.42. The lowest BCUT2D eigenvalue weighted by atomic mass is 9.90. The van der Waals surface area contributed by atoms with Crippen LogP contribution in [0.15, 0.2) is 18.5 Å². The van der Waals surface area contributed by atoms with E-state index in [1.807, 2.05) is 0 Å². The van der Waals surface area contributed by atoms with Crippen LogP contribution >= 0.6 is 0 Å².